The molecule has 2 aliphatic rings. The third kappa shape index (κ3) is 4.55. The maximum absolute atomic E-state index is 14.3. The van der Waals surface area contributed by atoms with Crippen LogP contribution in [0.3, 0.4) is 0 Å². The van der Waals surface area contributed by atoms with Crippen molar-refractivity contribution in [2.45, 2.75) is 58.0 Å². The van der Waals surface area contributed by atoms with Gasteiger partial charge >= 0.3 is 0 Å². The lowest BCUT2D eigenvalue weighted by atomic mass is 9.99. The number of fused-ring (bicyclic) bond motifs is 1. The molecule has 1 aliphatic carbocycles. The van der Waals surface area contributed by atoms with E-state index in [2.05, 4.69) is 15.5 Å². The van der Waals surface area contributed by atoms with E-state index in [4.69, 9.17) is 9.51 Å². The second kappa shape index (κ2) is 10.1. The SMILES string of the molecule is Cc1noc(C)c1-c1ccc2c(c1)nc(C1CCCC(=O)N1c1ccc(F)c(F)c1)n2-c1ncc(C(=O)NC2CC2)s1. The van der Waals surface area contributed by atoms with Crippen LogP contribution in [0.25, 0.3) is 27.3 Å². The first kappa shape index (κ1) is 26.4. The Kier molecular flexibility index (Phi) is 6.37. The van der Waals surface area contributed by atoms with Crippen molar-refractivity contribution in [2.75, 3.05) is 4.90 Å². The summed E-state index contributed by atoms with van der Waals surface area (Å²) < 4.78 is 35.4. The van der Waals surface area contributed by atoms with Gasteiger partial charge in [-0.05, 0) is 69.4 Å². The Bertz CT molecular complexity index is 1850. The molecule has 3 aromatic heterocycles. The molecule has 0 bridgehead atoms. The van der Waals surface area contributed by atoms with Crippen LogP contribution in [-0.4, -0.2) is 37.5 Å². The number of benzene rings is 2. The van der Waals surface area contributed by atoms with Gasteiger partial charge in [0.15, 0.2) is 16.8 Å². The Morgan fingerprint density at radius 1 is 1.10 bits per heavy atom. The average Bonchev–Trinajstić information content (AvgIpc) is 3.35. The van der Waals surface area contributed by atoms with E-state index in [1.54, 1.807) is 6.20 Å². The molecule has 1 saturated carbocycles. The summed E-state index contributed by atoms with van der Waals surface area (Å²) in [5.74, 6) is -1.21. The number of nitrogens with zero attached hydrogens (tertiary/aromatic N) is 5. The Balaban J connectivity index is 1.39. The van der Waals surface area contributed by atoms with Gasteiger partial charge in [-0.15, -0.1) is 0 Å². The van der Waals surface area contributed by atoms with E-state index in [0.29, 0.717) is 40.0 Å². The summed E-state index contributed by atoms with van der Waals surface area (Å²) in [5, 5.41) is 7.59. The number of aromatic nitrogens is 4. The van der Waals surface area contributed by atoms with Crippen LogP contribution in [0.5, 0.6) is 0 Å². The monoisotopic (exact) mass is 588 g/mol. The number of anilines is 1. The lowest BCUT2D eigenvalue weighted by Crippen LogP contribution is -2.39. The minimum absolute atomic E-state index is 0.177. The molecule has 1 unspecified atom stereocenters. The number of rotatable bonds is 6. The fourth-order valence-electron chi connectivity index (χ4n) is 5.60. The molecule has 2 fully saturated rings. The molecule has 1 atom stereocenters. The lowest BCUT2D eigenvalue weighted by molar-refractivity contribution is -0.120. The first-order chi connectivity index (χ1) is 20.3. The maximum atomic E-state index is 14.3. The summed E-state index contributed by atoms with van der Waals surface area (Å²) in [5.41, 5.74) is 4.12. The van der Waals surface area contributed by atoms with Crippen LogP contribution >= 0.6 is 11.3 Å². The van der Waals surface area contributed by atoms with E-state index in [0.717, 1.165) is 47.3 Å². The van der Waals surface area contributed by atoms with E-state index in [1.165, 1.54) is 22.3 Å². The average molecular weight is 589 g/mol. The molecular formula is C30H26F2N6O3S. The summed E-state index contributed by atoms with van der Waals surface area (Å²) in [7, 11) is 0. The fourth-order valence-corrected chi connectivity index (χ4v) is 6.45. The number of piperidine rings is 1. The number of nitrogens with one attached hydrogen (secondary N) is 1. The molecule has 7 rings (SSSR count). The summed E-state index contributed by atoms with van der Waals surface area (Å²) in [6.07, 6.45) is 4.90. The molecule has 9 nitrogen and oxygen atoms in total. The molecule has 214 valence electrons. The van der Waals surface area contributed by atoms with Crippen LogP contribution < -0.4 is 10.2 Å². The van der Waals surface area contributed by atoms with E-state index in [9.17, 15) is 18.4 Å². The zero-order chi connectivity index (χ0) is 29.1. The third-order valence-corrected chi connectivity index (χ3v) is 8.73. The molecular weight excluding hydrogens is 562 g/mol. The van der Waals surface area contributed by atoms with Gasteiger partial charge < -0.3 is 14.7 Å². The van der Waals surface area contributed by atoms with Crippen molar-refractivity contribution >= 4 is 39.9 Å². The summed E-state index contributed by atoms with van der Waals surface area (Å²) in [6, 6.07) is 8.89. The normalized spacial score (nSPS) is 17.3. The zero-order valence-electron chi connectivity index (χ0n) is 22.9. The van der Waals surface area contributed by atoms with E-state index < -0.39 is 17.7 Å². The minimum atomic E-state index is -1.03. The van der Waals surface area contributed by atoms with Crippen LogP contribution in [0.15, 0.2) is 47.1 Å². The van der Waals surface area contributed by atoms with Gasteiger partial charge in [0.05, 0.1) is 29.0 Å². The van der Waals surface area contributed by atoms with Gasteiger partial charge in [-0.25, -0.2) is 18.7 Å². The van der Waals surface area contributed by atoms with Crippen molar-refractivity contribution in [1.29, 1.82) is 0 Å². The smallest absolute Gasteiger partial charge is 0.263 e. The predicted octanol–water partition coefficient (Wildman–Crippen LogP) is 6.18. The molecule has 1 N–H and O–H groups in total. The van der Waals surface area contributed by atoms with Crippen molar-refractivity contribution < 1.29 is 22.9 Å². The van der Waals surface area contributed by atoms with Crippen LogP contribution in [0.2, 0.25) is 0 Å². The Morgan fingerprint density at radius 3 is 2.67 bits per heavy atom. The molecule has 2 amide bonds. The Morgan fingerprint density at radius 2 is 1.93 bits per heavy atom. The Labute approximate surface area is 243 Å². The highest BCUT2D eigenvalue weighted by atomic mass is 32.1. The molecule has 2 aromatic carbocycles. The molecule has 5 aromatic rings. The molecule has 0 spiro atoms. The first-order valence-corrected chi connectivity index (χ1v) is 14.6. The van der Waals surface area contributed by atoms with Gasteiger partial charge in [-0.3, -0.25) is 14.2 Å². The van der Waals surface area contributed by atoms with Crippen LogP contribution in [0, 0.1) is 25.5 Å². The summed E-state index contributed by atoms with van der Waals surface area (Å²) in [6.45, 7) is 3.72. The van der Waals surface area contributed by atoms with Gasteiger partial charge in [0.2, 0.25) is 5.91 Å². The standard InChI is InChI=1S/C30H26F2N6O3S/c1-15-27(16(2)41-36-15)17-6-11-23-22(12-17)35-28(38(23)30-33-14-25(42-30)29(40)34-18-7-8-18)24-4-3-5-26(39)37(24)19-9-10-20(31)21(32)13-19/h6,9-14,18,24H,3-5,7-8H2,1-2H3,(H,34,40). The van der Waals surface area contributed by atoms with Gasteiger partial charge in [0, 0.05) is 29.8 Å². The molecule has 0 radical (unpaired) electrons. The van der Waals surface area contributed by atoms with Crippen molar-refractivity contribution in [1.82, 2.24) is 25.0 Å². The second-order valence-corrected chi connectivity index (χ2v) is 11.7. The highest BCUT2D eigenvalue weighted by Gasteiger charge is 2.36. The summed E-state index contributed by atoms with van der Waals surface area (Å²) >= 11 is 1.23. The van der Waals surface area contributed by atoms with Gasteiger partial charge in [0.25, 0.3) is 5.91 Å². The van der Waals surface area contributed by atoms with Crippen LogP contribution in [0.1, 0.15) is 65.1 Å². The van der Waals surface area contributed by atoms with Crippen molar-refractivity contribution in [2.24, 2.45) is 0 Å². The molecule has 12 heteroatoms. The number of carbonyl (C=O) groups is 2. The van der Waals surface area contributed by atoms with E-state index in [-0.39, 0.29) is 30.0 Å². The third-order valence-electron chi connectivity index (χ3n) is 7.75. The largest absolute Gasteiger partial charge is 0.361 e. The molecule has 1 saturated heterocycles. The lowest BCUT2D eigenvalue weighted by Gasteiger charge is -2.35. The number of carbonyl (C=O) groups excluding carboxylic acids is 2. The number of hydrogen-bond donors (Lipinski definition) is 1. The van der Waals surface area contributed by atoms with Gasteiger partial charge in [-0.2, -0.15) is 0 Å². The quantitative estimate of drug-likeness (QED) is 0.254. The van der Waals surface area contributed by atoms with E-state index >= 15 is 0 Å². The number of amides is 2. The highest BCUT2D eigenvalue weighted by Crippen LogP contribution is 2.40. The first-order valence-electron chi connectivity index (χ1n) is 13.8. The van der Waals surface area contributed by atoms with Crippen LogP contribution in [0.4, 0.5) is 14.5 Å². The maximum Gasteiger partial charge on any atom is 0.263 e. The predicted molar refractivity (Wildman–Crippen MR) is 153 cm³/mol. The molecule has 42 heavy (non-hydrogen) atoms. The summed E-state index contributed by atoms with van der Waals surface area (Å²) in [4.78, 5) is 37.7. The number of thiazole rings is 1. The fraction of sp³-hybridized carbons (Fsp3) is 0.300. The minimum Gasteiger partial charge on any atom is -0.361 e. The highest BCUT2D eigenvalue weighted by molar-refractivity contribution is 7.16. The number of aryl methyl sites for hydroxylation is 2. The molecule has 4 heterocycles. The zero-order valence-corrected chi connectivity index (χ0v) is 23.7. The van der Waals surface area contributed by atoms with Crippen molar-refractivity contribution in [3.05, 3.63) is 76.4 Å². The molecule has 1 aliphatic heterocycles. The number of imidazole rings is 1. The van der Waals surface area contributed by atoms with Gasteiger partial charge in [-0.1, -0.05) is 22.6 Å². The second-order valence-electron chi connectivity index (χ2n) is 10.7. The Hall–Kier alpha value is -4.45. The topological polar surface area (TPSA) is 106 Å². The van der Waals surface area contributed by atoms with E-state index in [1.807, 2.05) is 36.6 Å². The van der Waals surface area contributed by atoms with Gasteiger partial charge in [0.1, 0.15) is 16.5 Å². The van der Waals surface area contributed by atoms with Crippen molar-refractivity contribution in [3.63, 3.8) is 0 Å². The van der Waals surface area contributed by atoms with Crippen molar-refractivity contribution in [3.8, 4) is 16.3 Å². The number of halogens is 2. The number of hydrogen-bond acceptors (Lipinski definition) is 7. The van der Waals surface area contributed by atoms with Crippen LogP contribution in [-0.2, 0) is 4.79 Å².